The summed E-state index contributed by atoms with van der Waals surface area (Å²) in [7, 11) is 1.40. The molecule has 3 nitrogen and oxygen atoms in total. The first kappa shape index (κ1) is 14.3. The van der Waals surface area contributed by atoms with E-state index in [0.717, 1.165) is 12.2 Å². The van der Waals surface area contributed by atoms with Crippen molar-refractivity contribution in [2.24, 2.45) is 0 Å². The van der Waals surface area contributed by atoms with Crippen molar-refractivity contribution in [3.05, 3.63) is 0 Å². The van der Waals surface area contributed by atoms with Gasteiger partial charge in [-0.3, -0.25) is 4.79 Å². The van der Waals surface area contributed by atoms with Gasteiger partial charge in [0.25, 0.3) is 0 Å². The molecule has 0 aromatic carbocycles. The van der Waals surface area contributed by atoms with Gasteiger partial charge in [-0.1, -0.05) is 15.9 Å². The molecular formula is C9H18BrNO2S. The van der Waals surface area contributed by atoms with Crippen LogP contribution in [-0.4, -0.2) is 42.5 Å². The molecule has 14 heavy (non-hydrogen) atoms. The normalized spacial score (nSPS) is 14.9. The van der Waals surface area contributed by atoms with Gasteiger partial charge in [0.1, 0.15) is 4.83 Å². The Kier molecular flexibility index (Phi) is 8.72. The quantitative estimate of drug-likeness (QED) is 0.570. The number of methoxy groups -OCH3 is 1. The van der Waals surface area contributed by atoms with Gasteiger partial charge in [0, 0.05) is 12.6 Å². The maximum Gasteiger partial charge on any atom is 0.320 e. The molecule has 0 heterocycles. The maximum absolute atomic E-state index is 11.0. The lowest BCUT2D eigenvalue weighted by Crippen LogP contribution is -2.35. The fourth-order valence-corrected chi connectivity index (χ4v) is 1.88. The van der Waals surface area contributed by atoms with Gasteiger partial charge in [-0.15, -0.1) is 0 Å². The van der Waals surface area contributed by atoms with Gasteiger partial charge in [0.15, 0.2) is 0 Å². The topological polar surface area (TPSA) is 38.3 Å². The van der Waals surface area contributed by atoms with E-state index in [-0.39, 0.29) is 10.8 Å². The molecule has 0 fully saturated rings. The number of esters is 1. The lowest BCUT2D eigenvalue weighted by molar-refractivity contribution is -0.139. The SMILES string of the molecule is COC(=O)C(Br)CNC(C)CCSC. The van der Waals surface area contributed by atoms with Crippen molar-refractivity contribution >= 4 is 33.7 Å². The van der Waals surface area contributed by atoms with Crippen LogP contribution in [0.5, 0.6) is 0 Å². The Balaban J connectivity index is 3.55. The Morgan fingerprint density at radius 2 is 2.29 bits per heavy atom. The lowest BCUT2D eigenvalue weighted by Gasteiger charge is -2.15. The molecular weight excluding hydrogens is 266 g/mol. The summed E-state index contributed by atoms with van der Waals surface area (Å²) in [5.41, 5.74) is 0. The number of alkyl halides is 1. The van der Waals surface area contributed by atoms with Crippen molar-refractivity contribution in [1.82, 2.24) is 5.32 Å². The molecule has 0 radical (unpaired) electrons. The number of thioether (sulfide) groups is 1. The first-order valence-electron chi connectivity index (χ1n) is 4.56. The molecule has 0 spiro atoms. The molecule has 2 atom stereocenters. The van der Waals surface area contributed by atoms with Gasteiger partial charge in [-0.05, 0) is 25.4 Å². The second-order valence-corrected chi connectivity index (χ2v) is 5.17. The van der Waals surface area contributed by atoms with E-state index in [4.69, 9.17) is 0 Å². The molecule has 5 heteroatoms. The summed E-state index contributed by atoms with van der Waals surface area (Å²) in [6.45, 7) is 2.73. The van der Waals surface area contributed by atoms with Crippen LogP contribution in [0.3, 0.4) is 0 Å². The zero-order chi connectivity index (χ0) is 11.0. The van der Waals surface area contributed by atoms with Gasteiger partial charge in [0.2, 0.25) is 0 Å². The predicted octanol–water partition coefficient (Wildman–Crippen LogP) is 1.65. The number of rotatable bonds is 7. The standard InChI is InChI=1S/C9H18BrNO2S/c1-7(4-5-14-3)11-6-8(10)9(12)13-2/h7-8,11H,4-6H2,1-3H3. The van der Waals surface area contributed by atoms with E-state index in [1.165, 1.54) is 7.11 Å². The summed E-state index contributed by atoms with van der Waals surface area (Å²) in [4.78, 5) is 10.8. The van der Waals surface area contributed by atoms with Crippen LogP contribution in [0.2, 0.25) is 0 Å². The number of halogens is 1. The summed E-state index contributed by atoms with van der Waals surface area (Å²) in [5, 5.41) is 3.27. The fraction of sp³-hybridized carbons (Fsp3) is 0.889. The first-order chi connectivity index (χ1) is 6.61. The molecule has 0 saturated carbocycles. The number of carbonyl (C=O) groups is 1. The van der Waals surface area contributed by atoms with Crippen LogP contribution in [0.25, 0.3) is 0 Å². The molecule has 2 unspecified atom stereocenters. The van der Waals surface area contributed by atoms with Crippen LogP contribution in [0.4, 0.5) is 0 Å². The Morgan fingerprint density at radius 1 is 1.64 bits per heavy atom. The molecule has 84 valence electrons. The van der Waals surface area contributed by atoms with E-state index in [0.29, 0.717) is 12.6 Å². The minimum absolute atomic E-state index is 0.227. The molecule has 0 rings (SSSR count). The monoisotopic (exact) mass is 283 g/mol. The lowest BCUT2D eigenvalue weighted by atomic mass is 10.2. The van der Waals surface area contributed by atoms with Crippen molar-refractivity contribution in [3.63, 3.8) is 0 Å². The summed E-state index contributed by atoms with van der Waals surface area (Å²) >= 11 is 5.09. The average molecular weight is 284 g/mol. The minimum atomic E-state index is -0.246. The molecule has 0 amide bonds. The molecule has 1 N–H and O–H groups in total. The maximum atomic E-state index is 11.0. The zero-order valence-electron chi connectivity index (χ0n) is 8.88. The molecule has 0 aromatic rings. The third-order valence-corrected chi connectivity index (χ3v) is 3.20. The van der Waals surface area contributed by atoms with Crippen LogP contribution >= 0.6 is 27.7 Å². The van der Waals surface area contributed by atoms with Crippen molar-refractivity contribution in [3.8, 4) is 0 Å². The third kappa shape index (κ3) is 6.68. The van der Waals surface area contributed by atoms with Crippen LogP contribution in [0.1, 0.15) is 13.3 Å². The summed E-state index contributed by atoms with van der Waals surface area (Å²) in [6.07, 6.45) is 3.20. The van der Waals surface area contributed by atoms with Gasteiger partial charge in [0.05, 0.1) is 7.11 Å². The Hall–Kier alpha value is 0.260. The summed E-state index contributed by atoms with van der Waals surface area (Å²) < 4.78 is 4.60. The van der Waals surface area contributed by atoms with Crippen molar-refractivity contribution in [2.45, 2.75) is 24.2 Å². The Labute approximate surface area is 98.5 Å². The van der Waals surface area contributed by atoms with E-state index >= 15 is 0 Å². The molecule has 0 aromatic heterocycles. The van der Waals surface area contributed by atoms with Crippen LogP contribution < -0.4 is 5.32 Å². The predicted molar refractivity (Wildman–Crippen MR) is 65.2 cm³/mol. The largest absolute Gasteiger partial charge is 0.468 e. The van der Waals surface area contributed by atoms with E-state index in [1.807, 2.05) is 11.8 Å². The van der Waals surface area contributed by atoms with Crippen molar-refractivity contribution in [2.75, 3.05) is 25.7 Å². The van der Waals surface area contributed by atoms with Crippen LogP contribution in [0.15, 0.2) is 0 Å². The average Bonchev–Trinajstić information content (AvgIpc) is 2.21. The number of hydrogen-bond donors (Lipinski definition) is 1. The number of hydrogen-bond acceptors (Lipinski definition) is 4. The van der Waals surface area contributed by atoms with E-state index < -0.39 is 0 Å². The van der Waals surface area contributed by atoms with Gasteiger partial charge in [-0.25, -0.2) is 0 Å². The van der Waals surface area contributed by atoms with E-state index in [9.17, 15) is 4.79 Å². The molecule has 0 bridgehead atoms. The van der Waals surface area contributed by atoms with Crippen LogP contribution in [0, 0.1) is 0 Å². The Bertz CT molecular complexity index is 169. The van der Waals surface area contributed by atoms with E-state index in [1.54, 1.807) is 0 Å². The second kappa shape index (κ2) is 8.56. The van der Waals surface area contributed by atoms with Gasteiger partial charge < -0.3 is 10.1 Å². The fourth-order valence-electron chi connectivity index (χ4n) is 0.913. The molecule has 0 aliphatic rings. The molecule has 0 aliphatic heterocycles. The second-order valence-electron chi connectivity index (χ2n) is 3.08. The molecule has 0 saturated heterocycles. The van der Waals surface area contributed by atoms with Crippen molar-refractivity contribution in [1.29, 1.82) is 0 Å². The van der Waals surface area contributed by atoms with Gasteiger partial charge >= 0.3 is 5.97 Å². The number of carbonyl (C=O) groups excluding carboxylic acids is 1. The molecule has 0 aliphatic carbocycles. The van der Waals surface area contributed by atoms with Gasteiger partial charge in [-0.2, -0.15) is 11.8 Å². The number of ether oxygens (including phenoxy) is 1. The number of nitrogens with one attached hydrogen (secondary N) is 1. The van der Waals surface area contributed by atoms with Crippen molar-refractivity contribution < 1.29 is 9.53 Å². The summed E-state index contributed by atoms with van der Waals surface area (Å²) in [5.74, 6) is 0.911. The smallest absolute Gasteiger partial charge is 0.320 e. The highest BCUT2D eigenvalue weighted by atomic mass is 79.9. The summed E-state index contributed by atoms with van der Waals surface area (Å²) in [6, 6.07) is 0.437. The highest BCUT2D eigenvalue weighted by Gasteiger charge is 2.15. The Morgan fingerprint density at radius 3 is 2.79 bits per heavy atom. The third-order valence-electron chi connectivity index (χ3n) is 1.86. The van der Waals surface area contributed by atoms with Crippen LogP contribution in [-0.2, 0) is 9.53 Å². The zero-order valence-corrected chi connectivity index (χ0v) is 11.3. The highest BCUT2D eigenvalue weighted by Crippen LogP contribution is 2.03. The minimum Gasteiger partial charge on any atom is -0.468 e. The highest BCUT2D eigenvalue weighted by molar-refractivity contribution is 9.10. The van der Waals surface area contributed by atoms with E-state index in [2.05, 4.69) is 39.2 Å². The first-order valence-corrected chi connectivity index (χ1v) is 6.87.